The van der Waals surface area contributed by atoms with Crippen molar-refractivity contribution in [1.29, 1.82) is 0 Å². The summed E-state index contributed by atoms with van der Waals surface area (Å²) in [4.78, 5) is 30.1. The highest BCUT2D eigenvalue weighted by atomic mass is 32.2. The largest absolute Gasteiger partial charge is 0.448 e. The van der Waals surface area contributed by atoms with Gasteiger partial charge >= 0.3 is 0 Å². The van der Waals surface area contributed by atoms with Crippen molar-refractivity contribution < 1.29 is 13.6 Å². The lowest BCUT2D eigenvalue weighted by molar-refractivity contribution is -0.113. The molecule has 0 spiro atoms. The first-order valence-corrected chi connectivity index (χ1v) is 10.7. The van der Waals surface area contributed by atoms with Crippen LogP contribution < -0.4 is 10.9 Å². The van der Waals surface area contributed by atoms with Gasteiger partial charge in [-0.1, -0.05) is 37.2 Å². The molecule has 0 saturated carbocycles. The number of aromatic nitrogens is 2. The van der Waals surface area contributed by atoms with Crippen LogP contribution in [0.15, 0.2) is 62.9 Å². The zero-order chi connectivity index (χ0) is 21.1. The van der Waals surface area contributed by atoms with Crippen LogP contribution in [-0.4, -0.2) is 21.2 Å². The van der Waals surface area contributed by atoms with E-state index in [0.717, 1.165) is 18.2 Å². The molecule has 8 heteroatoms. The number of furan rings is 1. The maximum atomic E-state index is 13.1. The lowest BCUT2D eigenvalue weighted by Gasteiger charge is -2.11. The van der Waals surface area contributed by atoms with Crippen molar-refractivity contribution in [2.24, 2.45) is 0 Å². The van der Waals surface area contributed by atoms with Crippen LogP contribution >= 0.6 is 11.8 Å². The Balaban J connectivity index is 1.64. The number of unbranched alkanes of at least 4 members (excludes halogenated alkanes) is 1. The Morgan fingerprint density at radius 1 is 1.20 bits per heavy atom. The number of halogens is 1. The van der Waals surface area contributed by atoms with Gasteiger partial charge < -0.3 is 9.73 Å². The molecule has 2 heterocycles. The van der Waals surface area contributed by atoms with Crippen molar-refractivity contribution in [2.75, 3.05) is 11.1 Å². The van der Waals surface area contributed by atoms with Gasteiger partial charge in [-0.3, -0.25) is 14.2 Å². The quantitative estimate of drug-likeness (QED) is 0.340. The van der Waals surface area contributed by atoms with Crippen molar-refractivity contribution in [1.82, 2.24) is 9.55 Å². The number of benzene rings is 2. The van der Waals surface area contributed by atoms with Gasteiger partial charge in [-0.2, -0.15) is 0 Å². The van der Waals surface area contributed by atoms with Crippen molar-refractivity contribution in [2.45, 2.75) is 31.5 Å². The highest BCUT2D eigenvalue weighted by Crippen LogP contribution is 2.27. The SMILES string of the molecule is CCCCn1c(SCC(=O)Nc2ccc(F)cc2)nc2c(oc3ccccc32)c1=O. The Morgan fingerprint density at radius 3 is 2.73 bits per heavy atom. The second kappa shape index (κ2) is 8.71. The van der Waals surface area contributed by atoms with Crippen LogP contribution in [0.5, 0.6) is 0 Å². The van der Waals surface area contributed by atoms with Crippen molar-refractivity contribution >= 4 is 45.4 Å². The van der Waals surface area contributed by atoms with Crippen LogP contribution in [0.4, 0.5) is 10.1 Å². The fraction of sp³-hybridized carbons (Fsp3) is 0.227. The number of hydrogen-bond acceptors (Lipinski definition) is 5. The van der Waals surface area contributed by atoms with E-state index in [2.05, 4.69) is 10.3 Å². The number of amides is 1. The van der Waals surface area contributed by atoms with E-state index < -0.39 is 0 Å². The molecule has 0 bridgehead atoms. The smallest absolute Gasteiger partial charge is 0.297 e. The number of carbonyl (C=O) groups excluding carboxylic acids is 1. The monoisotopic (exact) mass is 425 g/mol. The molecule has 2 aromatic heterocycles. The number of hydrogen-bond donors (Lipinski definition) is 1. The van der Waals surface area contributed by atoms with Gasteiger partial charge in [-0.15, -0.1) is 0 Å². The number of anilines is 1. The summed E-state index contributed by atoms with van der Waals surface area (Å²) in [6.45, 7) is 2.54. The number of nitrogens with zero attached hydrogens (tertiary/aromatic N) is 2. The first-order chi connectivity index (χ1) is 14.6. The predicted molar refractivity (Wildman–Crippen MR) is 116 cm³/mol. The lowest BCUT2D eigenvalue weighted by Crippen LogP contribution is -2.24. The molecule has 0 aliphatic carbocycles. The summed E-state index contributed by atoms with van der Waals surface area (Å²) in [5.41, 5.74) is 1.60. The molecule has 4 rings (SSSR count). The molecular weight excluding hydrogens is 405 g/mol. The third kappa shape index (κ3) is 4.09. The molecule has 6 nitrogen and oxygen atoms in total. The van der Waals surface area contributed by atoms with Crippen LogP contribution in [0.2, 0.25) is 0 Å². The number of para-hydroxylation sites is 1. The zero-order valence-electron chi connectivity index (χ0n) is 16.4. The van der Waals surface area contributed by atoms with E-state index in [1.807, 2.05) is 25.1 Å². The minimum atomic E-state index is -0.368. The van der Waals surface area contributed by atoms with Gasteiger partial charge in [0.2, 0.25) is 11.5 Å². The Morgan fingerprint density at radius 2 is 1.97 bits per heavy atom. The minimum Gasteiger partial charge on any atom is -0.448 e. The number of nitrogens with one attached hydrogen (secondary N) is 1. The predicted octanol–water partition coefficient (Wildman–Crippen LogP) is 4.81. The fourth-order valence-corrected chi connectivity index (χ4v) is 3.96. The molecule has 0 aliphatic rings. The summed E-state index contributed by atoms with van der Waals surface area (Å²) >= 11 is 1.19. The van der Waals surface area contributed by atoms with Crippen LogP contribution in [0.3, 0.4) is 0 Å². The molecule has 0 fully saturated rings. The van der Waals surface area contributed by atoms with Gasteiger partial charge in [0.05, 0.1) is 5.75 Å². The van der Waals surface area contributed by atoms with Crippen LogP contribution in [-0.2, 0) is 11.3 Å². The van der Waals surface area contributed by atoms with E-state index in [4.69, 9.17) is 4.42 Å². The summed E-state index contributed by atoms with van der Waals surface area (Å²) in [6.07, 6.45) is 1.72. The third-order valence-corrected chi connectivity index (χ3v) is 5.62. The summed E-state index contributed by atoms with van der Waals surface area (Å²) in [6, 6.07) is 12.9. The Hall–Kier alpha value is -3.13. The zero-order valence-corrected chi connectivity index (χ0v) is 17.2. The van der Waals surface area contributed by atoms with Gasteiger partial charge in [-0.25, -0.2) is 9.37 Å². The average molecular weight is 425 g/mol. The van der Waals surface area contributed by atoms with Crippen LogP contribution in [0.1, 0.15) is 19.8 Å². The van der Waals surface area contributed by atoms with E-state index in [0.29, 0.717) is 28.5 Å². The van der Waals surface area contributed by atoms with Crippen LogP contribution in [0.25, 0.3) is 22.1 Å². The molecule has 0 radical (unpaired) electrons. The standard InChI is InChI=1S/C22H20FN3O3S/c1-2-3-12-26-21(28)20-19(16-6-4-5-7-17(16)29-20)25-22(26)30-13-18(27)24-15-10-8-14(23)9-11-15/h4-11H,2-3,12-13H2,1H3,(H,24,27). The van der Waals surface area contributed by atoms with Crippen molar-refractivity contribution in [3.05, 3.63) is 64.7 Å². The topological polar surface area (TPSA) is 77.1 Å². The fourth-order valence-electron chi connectivity index (χ4n) is 3.14. The Labute approximate surface area is 176 Å². The van der Waals surface area contributed by atoms with Gasteiger partial charge in [0.1, 0.15) is 16.9 Å². The van der Waals surface area contributed by atoms with E-state index in [9.17, 15) is 14.0 Å². The molecule has 1 N–H and O–H groups in total. The maximum absolute atomic E-state index is 13.1. The second-order valence-corrected chi connectivity index (χ2v) is 7.77. The molecule has 154 valence electrons. The second-order valence-electron chi connectivity index (χ2n) is 6.82. The molecule has 0 aliphatic heterocycles. The molecule has 2 aromatic carbocycles. The summed E-state index contributed by atoms with van der Waals surface area (Å²) in [5.74, 6) is -0.566. The number of rotatable bonds is 7. The van der Waals surface area contributed by atoms with E-state index >= 15 is 0 Å². The molecule has 0 unspecified atom stereocenters. The van der Waals surface area contributed by atoms with Crippen molar-refractivity contribution in [3.8, 4) is 0 Å². The molecule has 30 heavy (non-hydrogen) atoms. The molecule has 0 saturated heterocycles. The number of carbonyl (C=O) groups is 1. The molecule has 4 aromatic rings. The molecular formula is C22H20FN3O3S. The number of fused-ring (bicyclic) bond motifs is 3. The Kier molecular flexibility index (Phi) is 5.85. The maximum Gasteiger partial charge on any atom is 0.297 e. The van der Waals surface area contributed by atoms with E-state index in [1.165, 1.54) is 36.0 Å². The molecule has 1 amide bonds. The van der Waals surface area contributed by atoms with Crippen LogP contribution in [0, 0.1) is 5.82 Å². The van der Waals surface area contributed by atoms with Gasteiger partial charge in [-0.05, 0) is 42.8 Å². The minimum absolute atomic E-state index is 0.0667. The number of thioether (sulfide) groups is 1. The highest BCUT2D eigenvalue weighted by Gasteiger charge is 2.18. The lowest BCUT2D eigenvalue weighted by atomic mass is 10.2. The first kappa shape index (κ1) is 20.2. The highest BCUT2D eigenvalue weighted by molar-refractivity contribution is 7.99. The average Bonchev–Trinajstić information content (AvgIpc) is 3.12. The Bertz CT molecular complexity index is 1260. The van der Waals surface area contributed by atoms with E-state index in [1.54, 1.807) is 10.6 Å². The van der Waals surface area contributed by atoms with Crippen molar-refractivity contribution in [3.63, 3.8) is 0 Å². The van der Waals surface area contributed by atoms with E-state index in [-0.39, 0.29) is 28.6 Å². The molecule has 0 atom stereocenters. The first-order valence-electron chi connectivity index (χ1n) is 9.67. The van der Waals surface area contributed by atoms with Gasteiger partial charge in [0.25, 0.3) is 5.56 Å². The normalized spacial score (nSPS) is 11.3. The summed E-state index contributed by atoms with van der Waals surface area (Å²) in [7, 11) is 0. The third-order valence-electron chi connectivity index (χ3n) is 4.64. The van der Waals surface area contributed by atoms with Gasteiger partial charge in [0, 0.05) is 17.6 Å². The summed E-state index contributed by atoms with van der Waals surface area (Å²) in [5, 5.41) is 3.96. The van der Waals surface area contributed by atoms with Gasteiger partial charge in [0.15, 0.2) is 5.16 Å². The summed E-state index contributed by atoms with van der Waals surface area (Å²) < 4.78 is 20.4.